The number of thioether (sulfide) groups is 2. The van der Waals surface area contributed by atoms with Gasteiger partial charge in [0.25, 0.3) is 0 Å². The molecule has 0 saturated carbocycles. The summed E-state index contributed by atoms with van der Waals surface area (Å²) in [5.41, 5.74) is 1.77. The van der Waals surface area contributed by atoms with Crippen molar-refractivity contribution in [3.8, 4) is 0 Å². The zero-order valence-electron chi connectivity index (χ0n) is 14.5. The molecular weight excluding hydrogens is 465 g/mol. The Hall–Kier alpha value is -1.23. The zero-order valence-corrected chi connectivity index (χ0v) is 19.4. The molecule has 0 saturated heterocycles. The molecule has 0 unspecified atom stereocenters. The van der Waals surface area contributed by atoms with Gasteiger partial charge in [-0.05, 0) is 45.8 Å². The summed E-state index contributed by atoms with van der Waals surface area (Å²) in [6, 6.07) is 12.1. The van der Waals surface area contributed by atoms with Gasteiger partial charge in [-0.1, -0.05) is 12.1 Å². The Morgan fingerprint density at radius 3 is 1.64 bits per heavy atom. The summed E-state index contributed by atoms with van der Waals surface area (Å²) in [5.74, 6) is 1.71. The number of urea groups is 1. The molecule has 4 aromatic heterocycles. The quantitative estimate of drug-likeness (QED) is 0.250. The summed E-state index contributed by atoms with van der Waals surface area (Å²) in [7, 11) is 0. The molecule has 2 N–H and O–H groups in total. The molecule has 0 aliphatic carbocycles. The van der Waals surface area contributed by atoms with Crippen molar-refractivity contribution in [1.82, 2.24) is 0 Å². The Morgan fingerprint density at radius 1 is 0.714 bits per heavy atom. The first-order valence-corrected chi connectivity index (χ1v) is 13.8. The second-order valence-electron chi connectivity index (χ2n) is 5.54. The number of anilines is 2. The predicted octanol–water partition coefficient (Wildman–Crippen LogP) is 8.16. The van der Waals surface area contributed by atoms with E-state index in [1.165, 1.54) is 18.2 Å². The van der Waals surface area contributed by atoms with Crippen LogP contribution in [-0.4, -0.2) is 6.03 Å². The van der Waals surface area contributed by atoms with E-state index in [2.05, 4.69) is 45.7 Å². The molecule has 144 valence electrons. The van der Waals surface area contributed by atoms with E-state index in [9.17, 15) is 4.79 Å². The highest BCUT2D eigenvalue weighted by Gasteiger charge is 2.12. The SMILES string of the molecule is O=C(Nc1ccsc1CSc1cccs1)Nc1ccsc1CSc1cccs1. The summed E-state index contributed by atoms with van der Waals surface area (Å²) in [5, 5.41) is 14.2. The summed E-state index contributed by atoms with van der Waals surface area (Å²) in [4.78, 5) is 14.9. The number of nitrogens with one attached hydrogen (secondary N) is 2. The lowest BCUT2D eigenvalue weighted by Crippen LogP contribution is -2.19. The Kier molecular flexibility index (Phi) is 7.16. The molecule has 0 spiro atoms. The molecule has 0 aliphatic heterocycles. The van der Waals surface area contributed by atoms with E-state index in [4.69, 9.17) is 0 Å². The standard InChI is InChI=1S/C19H16N2OS6/c22-19(20-13-5-9-23-15(13)11-27-17-3-1-7-25-17)21-14-6-10-24-16(14)12-28-18-4-2-8-26-18/h1-10H,11-12H2,(H2,20,21,22). The number of carbonyl (C=O) groups is 1. The van der Waals surface area contributed by atoms with Crippen molar-refractivity contribution >= 4 is 86.3 Å². The first-order valence-electron chi connectivity index (χ1n) is 8.31. The van der Waals surface area contributed by atoms with Crippen LogP contribution < -0.4 is 10.6 Å². The number of carbonyl (C=O) groups excluding carboxylic acids is 1. The highest BCUT2D eigenvalue weighted by atomic mass is 32.2. The average molecular weight is 481 g/mol. The lowest BCUT2D eigenvalue weighted by molar-refractivity contribution is 0.262. The molecule has 0 bridgehead atoms. The van der Waals surface area contributed by atoms with Crippen LogP contribution in [0, 0.1) is 0 Å². The maximum Gasteiger partial charge on any atom is 0.323 e. The summed E-state index contributed by atoms with van der Waals surface area (Å²) < 4.78 is 2.57. The van der Waals surface area contributed by atoms with Crippen molar-refractivity contribution in [3.05, 3.63) is 67.7 Å². The van der Waals surface area contributed by atoms with E-state index in [1.54, 1.807) is 68.9 Å². The van der Waals surface area contributed by atoms with E-state index in [1.807, 2.05) is 22.9 Å². The van der Waals surface area contributed by atoms with E-state index in [0.717, 1.165) is 22.9 Å². The molecule has 2 amide bonds. The van der Waals surface area contributed by atoms with E-state index in [-0.39, 0.29) is 6.03 Å². The number of hydrogen-bond donors (Lipinski definition) is 2. The van der Waals surface area contributed by atoms with Gasteiger partial charge in [-0.15, -0.1) is 68.9 Å². The second-order valence-corrected chi connectivity index (χ2v) is 12.0. The van der Waals surface area contributed by atoms with Crippen molar-refractivity contribution in [2.45, 2.75) is 19.9 Å². The van der Waals surface area contributed by atoms with Gasteiger partial charge in [0, 0.05) is 21.3 Å². The maximum atomic E-state index is 12.5. The van der Waals surface area contributed by atoms with Crippen molar-refractivity contribution < 1.29 is 4.79 Å². The monoisotopic (exact) mass is 480 g/mol. The molecular formula is C19H16N2OS6. The van der Waals surface area contributed by atoms with Gasteiger partial charge in [-0.25, -0.2) is 4.79 Å². The molecule has 9 heteroatoms. The van der Waals surface area contributed by atoms with Crippen molar-refractivity contribution in [1.29, 1.82) is 0 Å². The van der Waals surface area contributed by atoms with Crippen molar-refractivity contribution in [3.63, 3.8) is 0 Å². The normalized spacial score (nSPS) is 10.9. The van der Waals surface area contributed by atoms with Crippen LogP contribution in [-0.2, 0) is 11.5 Å². The summed E-state index contributed by atoms with van der Waals surface area (Å²) in [6.45, 7) is 0. The minimum absolute atomic E-state index is 0.193. The third-order valence-electron chi connectivity index (χ3n) is 3.67. The van der Waals surface area contributed by atoms with Gasteiger partial charge in [0.1, 0.15) is 0 Å². The van der Waals surface area contributed by atoms with Crippen LogP contribution >= 0.6 is 68.9 Å². The van der Waals surface area contributed by atoms with Crippen molar-refractivity contribution in [2.24, 2.45) is 0 Å². The average Bonchev–Trinajstić information content (AvgIpc) is 3.47. The molecule has 0 fully saturated rings. The van der Waals surface area contributed by atoms with Gasteiger partial charge >= 0.3 is 6.03 Å². The largest absolute Gasteiger partial charge is 0.323 e. The predicted molar refractivity (Wildman–Crippen MR) is 129 cm³/mol. The van der Waals surface area contributed by atoms with Crippen LogP contribution in [0.1, 0.15) is 9.75 Å². The third-order valence-corrected chi connectivity index (χ3v) is 10.2. The molecule has 4 aromatic rings. The second kappa shape index (κ2) is 10.00. The van der Waals surface area contributed by atoms with Crippen molar-refractivity contribution in [2.75, 3.05) is 10.6 Å². The van der Waals surface area contributed by atoms with Crippen LogP contribution in [0.25, 0.3) is 0 Å². The van der Waals surface area contributed by atoms with Gasteiger partial charge < -0.3 is 10.6 Å². The first kappa shape index (κ1) is 20.1. The molecule has 3 nitrogen and oxygen atoms in total. The fraction of sp³-hybridized carbons (Fsp3) is 0.105. The van der Waals surface area contributed by atoms with Crippen LogP contribution in [0.15, 0.2) is 66.3 Å². The maximum absolute atomic E-state index is 12.5. The van der Waals surface area contributed by atoms with E-state index in [0.29, 0.717) is 0 Å². The molecule has 0 aromatic carbocycles. The summed E-state index contributed by atoms with van der Waals surface area (Å²) >= 11 is 10.4. The molecule has 0 radical (unpaired) electrons. The number of amides is 2. The van der Waals surface area contributed by atoms with Gasteiger partial charge in [-0.3, -0.25) is 0 Å². The fourth-order valence-corrected chi connectivity index (χ4v) is 7.83. The Labute approximate surface area is 188 Å². The van der Waals surface area contributed by atoms with Gasteiger partial charge in [0.2, 0.25) is 0 Å². The number of hydrogen-bond acceptors (Lipinski definition) is 7. The Balaban J connectivity index is 1.33. The highest BCUT2D eigenvalue weighted by Crippen LogP contribution is 2.34. The number of rotatable bonds is 8. The van der Waals surface area contributed by atoms with Crippen LogP contribution in [0.3, 0.4) is 0 Å². The van der Waals surface area contributed by atoms with E-state index < -0.39 is 0 Å². The Morgan fingerprint density at radius 2 is 1.21 bits per heavy atom. The fourth-order valence-electron chi connectivity index (χ4n) is 2.37. The molecule has 4 rings (SSSR count). The van der Waals surface area contributed by atoms with E-state index >= 15 is 0 Å². The highest BCUT2D eigenvalue weighted by molar-refractivity contribution is 8.00. The summed E-state index contributed by atoms with van der Waals surface area (Å²) in [6.07, 6.45) is 0. The van der Waals surface area contributed by atoms with Gasteiger partial charge in [0.15, 0.2) is 0 Å². The molecule has 28 heavy (non-hydrogen) atoms. The van der Waals surface area contributed by atoms with Crippen LogP contribution in [0.2, 0.25) is 0 Å². The van der Waals surface area contributed by atoms with Gasteiger partial charge in [-0.2, -0.15) is 0 Å². The minimum atomic E-state index is -0.193. The van der Waals surface area contributed by atoms with Crippen LogP contribution in [0.5, 0.6) is 0 Å². The van der Waals surface area contributed by atoms with Gasteiger partial charge in [0.05, 0.1) is 19.8 Å². The first-order chi connectivity index (χ1) is 13.8. The molecule has 0 aliphatic rings. The lowest BCUT2D eigenvalue weighted by atomic mass is 10.4. The number of thiophene rings is 4. The molecule has 0 atom stereocenters. The minimum Gasteiger partial charge on any atom is -0.307 e. The zero-order chi connectivity index (χ0) is 19.2. The third kappa shape index (κ3) is 5.43. The molecule has 4 heterocycles. The smallest absolute Gasteiger partial charge is 0.307 e. The van der Waals surface area contributed by atoms with Crippen LogP contribution in [0.4, 0.5) is 16.2 Å². The lowest BCUT2D eigenvalue weighted by Gasteiger charge is -2.09. The topological polar surface area (TPSA) is 41.1 Å². The Bertz CT molecular complexity index is 923.